The third-order valence-corrected chi connectivity index (χ3v) is 5.81. The molecule has 1 aromatic rings. The van der Waals surface area contributed by atoms with Crippen LogP contribution in [0.4, 0.5) is 13.2 Å². The minimum Gasteiger partial charge on any atom is -0.349 e. The first kappa shape index (κ1) is 22.7. The molecule has 0 bridgehead atoms. The van der Waals surface area contributed by atoms with Crippen molar-refractivity contribution in [3.63, 3.8) is 0 Å². The molecule has 1 N–H and O–H groups in total. The lowest BCUT2D eigenvalue weighted by molar-refractivity contribution is -0.137. The predicted octanol–water partition coefficient (Wildman–Crippen LogP) is 4.87. The number of halogens is 3. The monoisotopic (exact) mass is 395 g/mol. The number of nitrogens with one attached hydrogen (secondary N) is 1. The molecule has 0 spiro atoms. The fourth-order valence-electron chi connectivity index (χ4n) is 2.33. The molecular weight excluding hydrogens is 370 g/mol. The SMILES string of the molecule is CCOP(=O)(CC[C@H](CC)NC(=O)c1ccc(C(F)(F)F)cc1)OCC. The Bertz CT molecular complexity index is 609. The third-order valence-electron chi connectivity index (χ3n) is 3.71. The van der Waals surface area contributed by atoms with E-state index in [4.69, 9.17) is 9.05 Å². The summed E-state index contributed by atoms with van der Waals surface area (Å²) in [7, 11) is -3.20. The Hall–Kier alpha value is -1.37. The molecule has 5 nitrogen and oxygen atoms in total. The number of hydrogen-bond acceptors (Lipinski definition) is 4. The number of amides is 1. The zero-order valence-electron chi connectivity index (χ0n) is 15.1. The Kier molecular flexibility index (Phi) is 8.80. The first-order valence-electron chi connectivity index (χ1n) is 8.51. The summed E-state index contributed by atoms with van der Waals surface area (Å²) in [5.41, 5.74) is -0.676. The number of carbonyl (C=O) groups is 1. The summed E-state index contributed by atoms with van der Waals surface area (Å²) in [5, 5.41) is 2.75. The van der Waals surface area contributed by atoms with Crippen LogP contribution in [0.15, 0.2) is 24.3 Å². The molecule has 0 aliphatic heterocycles. The van der Waals surface area contributed by atoms with Crippen molar-refractivity contribution in [2.75, 3.05) is 19.4 Å². The summed E-state index contributed by atoms with van der Waals surface area (Å²) >= 11 is 0. The molecule has 9 heteroatoms. The standard InChI is InChI=1S/C17H25F3NO4P/c1-4-15(11-12-26(23,24-5-2)25-6-3)21-16(22)13-7-9-14(10-8-13)17(18,19)20/h7-10,15H,4-6,11-12H2,1-3H3,(H,21,22)/t15-/m0/s1. The van der Waals surface area contributed by atoms with Gasteiger partial charge in [-0.25, -0.2) is 0 Å². The number of rotatable bonds is 10. The van der Waals surface area contributed by atoms with Gasteiger partial charge < -0.3 is 14.4 Å². The molecule has 0 aliphatic carbocycles. The fourth-order valence-corrected chi connectivity index (χ4v) is 4.08. The van der Waals surface area contributed by atoms with E-state index in [0.29, 0.717) is 12.8 Å². The van der Waals surface area contributed by atoms with Crippen LogP contribution in [0.25, 0.3) is 0 Å². The van der Waals surface area contributed by atoms with E-state index in [-0.39, 0.29) is 31.0 Å². The average Bonchev–Trinajstić information content (AvgIpc) is 2.58. The molecule has 1 atom stereocenters. The Labute approximate surface area is 151 Å². The Morgan fingerprint density at radius 3 is 2.08 bits per heavy atom. The molecule has 148 valence electrons. The second-order valence-corrected chi connectivity index (χ2v) is 7.80. The van der Waals surface area contributed by atoms with Gasteiger partial charge in [0.05, 0.1) is 24.9 Å². The Morgan fingerprint density at radius 2 is 1.65 bits per heavy atom. The first-order chi connectivity index (χ1) is 12.1. The highest BCUT2D eigenvalue weighted by Crippen LogP contribution is 2.48. The molecule has 0 saturated heterocycles. The maximum Gasteiger partial charge on any atom is 0.416 e. The normalized spacial score (nSPS) is 13.5. The van der Waals surface area contributed by atoms with Gasteiger partial charge in [-0.05, 0) is 51.0 Å². The lowest BCUT2D eigenvalue weighted by Gasteiger charge is -2.21. The van der Waals surface area contributed by atoms with Crippen LogP contribution in [0, 0.1) is 0 Å². The minimum absolute atomic E-state index is 0.134. The molecule has 0 heterocycles. The molecule has 0 radical (unpaired) electrons. The van der Waals surface area contributed by atoms with Crippen molar-refractivity contribution >= 4 is 13.5 Å². The zero-order chi connectivity index (χ0) is 19.8. The van der Waals surface area contributed by atoms with Crippen molar-refractivity contribution in [2.45, 2.75) is 45.8 Å². The number of hydrogen-bond donors (Lipinski definition) is 1. The fraction of sp³-hybridized carbons (Fsp3) is 0.588. The van der Waals surface area contributed by atoms with E-state index in [9.17, 15) is 22.5 Å². The third kappa shape index (κ3) is 7.09. The van der Waals surface area contributed by atoms with Gasteiger partial charge in [-0.15, -0.1) is 0 Å². The molecule has 26 heavy (non-hydrogen) atoms. The van der Waals surface area contributed by atoms with E-state index < -0.39 is 25.2 Å². The smallest absolute Gasteiger partial charge is 0.349 e. The van der Waals surface area contributed by atoms with Crippen molar-refractivity contribution in [1.29, 1.82) is 0 Å². The molecule has 0 fully saturated rings. The van der Waals surface area contributed by atoms with E-state index in [1.165, 1.54) is 0 Å². The van der Waals surface area contributed by atoms with Gasteiger partial charge in [0.25, 0.3) is 5.91 Å². The van der Waals surface area contributed by atoms with Gasteiger partial charge in [0.2, 0.25) is 0 Å². The second kappa shape index (κ2) is 10.1. The van der Waals surface area contributed by atoms with E-state index in [1.54, 1.807) is 13.8 Å². The minimum atomic E-state index is -4.44. The molecule has 0 saturated carbocycles. The first-order valence-corrected chi connectivity index (χ1v) is 10.2. The number of alkyl halides is 3. The summed E-state index contributed by atoms with van der Waals surface area (Å²) in [6, 6.07) is 3.72. The van der Waals surface area contributed by atoms with Crippen LogP contribution in [0.5, 0.6) is 0 Å². The van der Waals surface area contributed by atoms with Crippen molar-refractivity contribution in [1.82, 2.24) is 5.32 Å². The molecule has 1 aromatic carbocycles. The average molecular weight is 395 g/mol. The van der Waals surface area contributed by atoms with Crippen LogP contribution in [-0.2, 0) is 19.8 Å². The van der Waals surface area contributed by atoms with Crippen LogP contribution >= 0.6 is 7.60 Å². The highest BCUT2D eigenvalue weighted by atomic mass is 31.2. The van der Waals surface area contributed by atoms with Gasteiger partial charge in [-0.3, -0.25) is 9.36 Å². The number of benzene rings is 1. The highest BCUT2D eigenvalue weighted by Gasteiger charge is 2.30. The van der Waals surface area contributed by atoms with Gasteiger partial charge in [0.1, 0.15) is 0 Å². The lowest BCUT2D eigenvalue weighted by Crippen LogP contribution is -2.35. The van der Waals surface area contributed by atoms with Crippen molar-refractivity contribution in [3.05, 3.63) is 35.4 Å². The van der Waals surface area contributed by atoms with E-state index in [0.717, 1.165) is 24.3 Å². The number of carbonyl (C=O) groups excluding carboxylic acids is 1. The lowest BCUT2D eigenvalue weighted by atomic mass is 10.1. The maximum atomic E-state index is 12.6. The van der Waals surface area contributed by atoms with Gasteiger partial charge in [-0.2, -0.15) is 13.2 Å². The summed E-state index contributed by atoms with van der Waals surface area (Å²) in [6.07, 6.45) is -3.34. The largest absolute Gasteiger partial charge is 0.416 e. The van der Waals surface area contributed by atoms with Crippen molar-refractivity contribution in [2.24, 2.45) is 0 Å². The van der Waals surface area contributed by atoms with E-state index >= 15 is 0 Å². The maximum absolute atomic E-state index is 12.6. The van der Waals surface area contributed by atoms with Gasteiger partial charge in [-0.1, -0.05) is 6.92 Å². The molecule has 1 rings (SSSR count). The van der Waals surface area contributed by atoms with Gasteiger partial charge in [0.15, 0.2) is 0 Å². The topological polar surface area (TPSA) is 64.6 Å². The molecular formula is C17H25F3NO4P. The molecule has 0 aromatic heterocycles. The van der Waals surface area contributed by atoms with Gasteiger partial charge in [0, 0.05) is 11.6 Å². The van der Waals surface area contributed by atoms with Crippen molar-refractivity contribution in [3.8, 4) is 0 Å². The van der Waals surface area contributed by atoms with Crippen LogP contribution in [0.2, 0.25) is 0 Å². The summed E-state index contributed by atoms with van der Waals surface area (Å²) in [4.78, 5) is 12.2. The quantitative estimate of drug-likeness (QED) is 0.574. The van der Waals surface area contributed by atoms with Crippen LogP contribution in [0.1, 0.15) is 49.5 Å². The van der Waals surface area contributed by atoms with Crippen LogP contribution < -0.4 is 5.32 Å². The summed E-state index contributed by atoms with van der Waals surface area (Å²) in [6.45, 7) is 5.80. The molecule has 0 aliphatic rings. The van der Waals surface area contributed by atoms with Crippen molar-refractivity contribution < 1.29 is 31.6 Å². The highest BCUT2D eigenvalue weighted by molar-refractivity contribution is 7.53. The van der Waals surface area contributed by atoms with E-state index in [1.807, 2.05) is 6.92 Å². The van der Waals surface area contributed by atoms with Crippen LogP contribution in [0.3, 0.4) is 0 Å². The molecule has 0 unspecified atom stereocenters. The van der Waals surface area contributed by atoms with E-state index in [2.05, 4.69) is 5.32 Å². The second-order valence-electron chi connectivity index (χ2n) is 5.61. The summed E-state index contributed by atoms with van der Waals surface area (Å²) < 4.78 is 60.6. The Morgan fingerprint density at radius 1 is 1.12 bits per heavy atom. The predicted molar refractivity (Wildman–Crippen MR) is 93.3 cm³/mol. The van der Waals surface area contributed by atoms with Gasteiger partial charge >= 0.3 is 13.8 Å². The Balaban J connectivity index is 2.69. The summed E-state index contributed by atoms with van der Waals surface area (Å²) in [5.74, 6) is -0.478. The van der Waals surface area contributed by atoms with Crippen LogP contribution in [-0.4, -0.2) is 31.3 Å². The zero-order valence-corrected chi connectivity index (χ0v) is 16.0. The molecule has 1 amide bonds.